The van der Waals surface area contributed by atoms with E-state index in [1.54, 1.807) is 0 Å². The Bertz CT molecular complexity index is 280. The molecular formula is C9H9NO2. The van der Waals surface area contributed by atoms with Gasteiger partial charge >= 0.3 is 0 Å². The number of fused-ring (bicyclic) bond motifs is 5. The first kappa shape index (κ1) is 6.40. The van der Waals surface area contributed by atoms with Crippen molar-refractivity contribution in [3.63, 3.8) is 0 Å². The molecule has 2 aliphatic carbocycles. The minimum absolute atomic E-state index is 0.0347. The molecule has 1 saturated carbocycles. The van der Waals surface area contributed by atoms with Gasteiger partial charge in [0.15, 0.2) is 0 Å². The number of amides is 2. The van der Waals surface area contributed by atoms with E-state index in [4.69, 9.17) is 0 Å². The zero-order chi connectivity index (χ0) is 8.29. The summed E-state index contributed by atoms with van der Waals surface area (Å²) in [7, 11) is 0. The maximum atomic E-state index is 11.3. The number of carbonyl (C=O) groups is 2. The fraction of sp³-hybridized carbons (Fsp3) is 0.556. The van der Waals surface area contributed by atoms with Crippen LogP contribution in [0.3, 0.4) is 0 Å². The fourth-order valence-corrected chi connectivity index (χ4v) is 2.83. The maximum absolute atomic E-state index is 11.3. The smallest absolute Gasteiger partial charge is 0.231 e. The first-order valence-electron chi connectivity index (χ1n) is 4.30. The van der Waals surface area contributed by atoms with E-state index >= 15 is 0 Å². The van der Waals surface area contributed by atoms with Crippen molar-refractivity contribution in [3.05, 3.63) is 12.2 Å². The van der Waals surface area contributed by atoms with Crippen LogP contribution in [0.4, 0.5) is 0 Å². The first-order valence-corrected chi connectivity index (χ1v) is 4.30. The lowest BCUT2D eigenvalue weighted by atomic mass is 9.85. The standard InChI is InChI=1S/C9H9NO2/c11-8-6-4-1-2-5(3-4)7(6)9(12)10-8/h1-2,4-7H,3H2,(H,10,11,12)/t4-,5+,6-,7?/m1/s1. The molecule has 2 bridgehead atoms. The predicted octanol–water partition coefficient (Wildman–Crippen LogP) is 0.0811. The second-order valence-electron chi connectivity index (χ2n) is 3.85. The number of hydrogen-bond donors (Lipinski definition) is 1. The van der Waals surface area contributed by atoms with Gasteiger partial charge in [-0.2, -0.15) is 0 Å². The molecule has 3 nitrogen and oxygen atoms in total. The van der Waals surface area contributed by atoms with E-state index in [0.29, 0.717) is 11.8 Å². The second kappa shape index (κ2) is 1.79. The van der Waals surface area contributed by atoms with Crippen molar-refractivity contribution in [1.82, 2.24) is 5.32 Å². The molecule has 1 saturated heterocycles. The zero-order valence-corrected chi connectivity index (χ0v) is 6.49. The van der Waals surface area contributed by atoms with Crippen LogP contribution in [0.5, 0.6) is 0 Å². The van der Waals surface area contributed by atoms with Crippen LogP contribution >= 0.6 is 0 Å². The summed E-state index contributed by atoms with van der Waals surface area (Å²) in [5.74, 6) is 0.501. The Kier molecular flexibility index (Phi) is 0.953. The molecular weight excluding hydrogens is 154 g/mol. The van der Waals surface area contributed by atoms with E-state index in [1.807, 2.05) is 0 Å². The predicted molar refractivity (Wildman–Crippen MR) is 40.9 cm³/mol. The average Bonchev–Trinajstić information content (AvgIpc) is 2.64. The molecule has 1 heterocycles. The highest BCUT2D eigenvalue weighted by Crippen LogP contribution is 2.50. The molecule has 62 valence electrons. The van der Waals surface area contributed by atoms with Crippen molar-refractivity contribution in [2.45, 2.75) is 6.42 Å². The summed E-state index contributed by atoms with van der Waals surface area (Å²) in [4.78, 5) is 22.6. The number of carbonyl (C=O) groups excluding carboxylic acids is 2. The normalized spacial score (nSPS) is 48.3. The molecule has 0 aromatic heterocycles. The van der Waals surface area contributed by atoms with Crippen LogP contribution in [0.1, 0.15) is 6.42 Å². The van der Waals surface area contributed by atoms with Crippen LogP contribution in [0.15, 0.2) is 12.2 Å². The van der Waals surface area contributed by atoms with E-state index in [9.17, 15) is 9.59 Å². The lowest BCUT2D eigenvalue weighted by Gasteiger charge is -2.14. The summed E-state index contributed by atoms with van der Waals surface area (Å²) < 4.78 is 0. The van der Waals surface area contributed by atoms with E-state index in [0.717, 1.165) is 6.42 Å². The summed E-state index contributed by atoms with van der Waals surface area (Å²) in [6.45, 7) is 0. The van der Waals surface area contributed by atoms with Crippen molar-refractivity contribution in [3.8, 4) is 0 Å². The number of nitrogens with one attached hydrogen (secondary N) is 1. The Morgan fingerprint density at radius 3 is 2.08 bits per heavy atom. The molecule has 3 rings (SSSR count). The van der Waals surface area contributed by atoms with Crippen molar-refractivity contribution < 1.29 is 9.59 Å². The zero-order valence-electron chi connectivity index (χ0n) is 6.49. The first-order chi connectivity index (χ1) is 5.77. The lowest BCUT2D eigenvalue weighted by Crippen LogP contribution is -2.25. The Morgan fingerprint density at radius 1 is 1.08 bits per heavy atom. The minimum Gasteiger partial charge on any atom is -0.296 e. The van der Waals surface area contributed by atoms with Crippen LogP contribution in [0, 0.1) is 23.7 Å². The Labute approximate surface area is 69.8 Å². The van der Waals surface area contributed by atoms with E-state index in [2.05, 4.69) is 17.5 Å². The summed E-state index contributed by atoms with van der Waals surface area (Å²) >= 11 is 0. The van der Waals surface area contributed by atoms with Gasteiger partial charge in [0.1, 0.15) is 0 Å². The van der Waals surface area contributed by atoms with Gasteiger partial charge in [-0.25, -0.2) is 0 Å². The van der Waals surface area contributed by atoms with Crippen LogP contribution < -0.4 is 5.32 Å². The summed E-state index contributed by atoms with van der Waals surface area (Å²) in [5, 5.41) is 2.40. The number of allylic oxidation sites excluding steroid dienone is 2. The third-order valence-corrected chi connectivity index (χ3v) is 3.31. The molecule has 0 aromatic carbocycles. The van der Waals surface area contributed by atoms with Crippen LogP contribution in [-0.2, 0) is 9.59 Å². The molecule has 3 aliphatic rings. The van der Waals surface area contributed by atoms with E-state index < -0.39 is 0 Å². The van der Waals surface area contributed by atoms with Crippen molar-refractivity contribution >= 4 is 11.8 Å². The lowest BCUT2D eigenvalue weighted by molar-refractivity contribution is -0.126. The Morgan fingerprint density at radius 2 is 1.58 bits per heavy atom. The van der Waals surface area contributed by atoms with Gasteiger partial charge in [-0.15, -0.1) is 0 Å². The quantitative estimate of drug-likeness (QED) is 0.406. The highest BCUT2D eigenvalue weighted by atomic mass is 16.2. The van der Waals surface area contributed by atoms with Gasteiger partial charge in [0.25, 0.3) is 0 Å². The minimum atomic E-state index is -0.0538. The van der Waals surface area contributed by atoms with Gasteiger partial charge in [0.2, 0.25) is 11.8 Å². The number of hydrogen-bond acceptors (Lipinski definition) is 2. The molecule has 0 radical (unpaired) electrons. The van der Waals surface area contributed by atoms with Crippen LogP contribution in [-0.4, -0.2) is 11.8 Å². The Balaban J connectivity index is 2.08. The molecule has 0 spiro atoms. The topological polar surface area (TPSA) is 46.2 Å². The highest BCUT2D eigenvalue weighted by Gasteiger charge is 2.55. The maximum Gasteiger partial charge on any atom is 0.231 e. The van der Waals surface area contributed by atoms with E-state index in [-0.39, 0.29) is 23.7 Å². The molecule has 12 heavy (non-hydrogen) atoms. The molecule has 1 unspecified atom stereocenters. The van der Waals surface area contributed by atoms with Gasteiger partial charge in [-0.3, -0.25) is 14.9 Å². The number of imide groups is 1. The van der Waals surface area contributed by atoms with Crippen molar-refractivity contribution in [2.75, 3.05) is 0 Å². The number of rotatable bonds is 0. The van der Waals surface area contributed by atoms with Crippen LogP contribution in [0.25, 0.3) is 0 Å². The molecule has 2 amide bonds. The van der Waals surface area contributed by atoms with E-state index in [1.165, 1.54) is 0 Å². The van der Waals surface area contributed by atoms with Gasteiger partial charge in [0, 0.05) is 0 Å². The molecule has 2 fully saturated rings. The average molecular weight is 163 g/mol. The van der Waals surface area contributed by atoms with Crippen LogP contribution in [0.2, 0.25) is 0 Å². The van der Waals surface area contributed by atoms with Gasteiger partial charge in [-0.1, -0.05) is 12.2 Å². The van der Waals surface area contributed by atoms with Gasteiger partial charge in [0.05, 0.1) is 11.8 Å². The molecule has 4 atom stereocenters. The summed E-state index contributed by atoms with van der Waals surface area (Å²) in [6, 6.07) is 0. The Hall–Kier alpha value is -1.12. The second-order valence-corrected chi connectivity index (χ2v) is 3.85. The van der Waals surface area contributed by atoms with Crippen molar-refractivity contribution in [1.29, 1.82) is 0 Å². The largest absolute Gasteiger partial charge is 0.296 e. The third-order valence-electron chi connectivity index (χ3n) is 3.31. The molecule has 3 heteroatoms. The molecule has 1 aliphatic heterocycles. The summed E-state index contributed by atoms with van der Waals surface area (Å²) in [6.07, 6.45) is 5.18. The van der Waals surface area contributed by atoms with Gasteiger partial charge in [-0.05, 0) is 18.3 Å². The monoisotopic (exact) mass is 163 g/mol. The van der Waals surface area contributed by atoms with Gasteiger partial charge < -0.3 is 0 Å². The molecule has 0 aromatic rings. The fourth-order valence-electron chi connectivity index (χ4n) is 2.83. The third kappa shape index (κ3) is 0.543. The summed E-state index contributed by atoms with van der Waals surface area (Å²) in [5.41, 5.74) is 0. The molecule has 1 N–H and O–H groups in total. The SMILES string of the molecule is O=C1NC(=O)[C@H]2C1[C@H]1C=C[C@@H]2C1. The van der Waals surface area contributed by atoms with Crippen molar-refractivity contribution in [2.24, 2.45) is 23.7 Å². The highest BCUT2D eigenvalue weighted by molar-refractivity contribution is 6.06.